The van der Waals surface area contributed by atoms with Crippen LogP contribution >= 0.6 is 11.3 Å². The fourth-order valence-corrected chi connectivity index (χ4v) is 3.58. The van der Waals surface area contributed by atoms with Crippen LogP contribution in [0.2, 0.25) is 0 Å². The SMILES string of the molecule is Cc1ccc(N)cc1NC(=O)CCCCc1nc2ccccc2s1. The van der Waals surface area contributed by atoms with Crippen LogP contribution < -0.4 is 11.1 Å². The molecule has 124 valence electrons. The number of anilines is 2. The first-order chi connectivity index (χ1) is 11.6. The summed E-state index contributed by atoms with van der Waals surface area (Å²) in [5.74, 6) is 0.0352. The molecule has 0 spiro atoms. The maximum Gasteiger partial charge on any atom is 0.224 e. The standard InChI is InChI=1S/C19H21N3OS/c1-13-10-11-14(20)12-16(13)21-18(23)8-4-5-9-19-22-15-6-2-3-7-17(15)24-19/h2-3,6-7,10-12H,4-5,8-9,20H2,1H3,(H,21,23). The van der Waals surface area contributed by atoms with Crippen LogP contribution in [-0.2, 0) is 11.2 Å². The summed E-state index contributed by atoms with van der Waals surface area (Å²) in [5, 5.41) is 4.08. The number of rotatable bonds is 6. The molecule has 1 heterocycles. The molecule has 3 aromatic rings. The number of hydrogen-bond donors (Lipinski definition) is 2. The number of para-hydroxylation sites is 1. The van der Waals surface area contributed by atoms with E-state index in [0.717, 1.165) is 41.0 Å². The summed E-state index contributed by atoms with van der Waals surface area (Å²) in [6.45, 7) is 1.96. The van der Waals surface area contributed by atoms with Gasteiger partial charge in [0.1, 0.15) is 0 Å². The Bertz CT molecular complexity index is 824. The smallest absolute Gasteiger partial charge is 0.224 e. The molecule has 0 aliphatic carbocycles. The Labute approximate surface area is 145 Å². The summed E-state index contributed by atoms with van der Waals surface area (Å²) >= 11 is 1.74. The number of hydrogen-bond acceptors (Lipinski definition) is 4. The highest BCUT2D eigenvalue weighted by molar-refractivity contribution is 7.18. The van der Waals surface area contributed by atoms with Crippen molar-refractivity contribution in [2.45, 2.75) is 32.6 Å². The molecule has 0 aliphatic rings. The van der Waals surface area contributed by atoms with Gasteiger partial charge in [-0.15, -0.1) is 11.3 Å². The third kappa shape index (κ3) is 4.11. The fraction of sp³-hybridized carbons (Fsp3) is 0.263. The van der Waals surface area contributed by atoms with Gasteiger partial charge in [-0.25, -0.2) is 4.98 Å². The molecule has 0 bridgehead atoms. The maximum absolute atomic E-state index is 12.1. The van der Waals surface area contributed by atoms with Crippen LogP contribution in [0.5, 0.6) is 0 Å². The summed E-state index contributed by atoms with van der Waals surface area (Å²) < 4.78 is 1.22. The molecule has 5 heteroatoms. The first kappa shape index (κ1) is 16.5. The van der Waals surface area contributed by atoms with E-state index < -0.39 is 0 Å². The van der Waals surface area contributed by atoms with Crippen molar-refractivity contribution in [1.82, 2.24) is 4.98 Å². The molecular formula is C19H21N3OS. The second kappa shape index (κ2) is 7.45. The van der Waals surface area contributed by atoms with E-state index in [1.165, 1.54) is 4.70 Å². The van der Waals surface area contributed by atoms with Crippen molar-refractivity contribution in [1.29, 1.82) is 0 Å². The Hall–Kier alpha value is -2.40. The number of thiazole rings is 1. The first-order valence-corrected chi connectivity index (χ1v) is 8.94. The zero-order chi connectivity index (χ0) is 16.9. The van der Waals surface area contributed by atoms with Gasteiger partial charge in [0.2, 0.25) is 5.91 Å². The number of fused-ring (bicyclic) bond motifs is 1. The van der Waals surface area contributed by atoms with Crippen LogP contribution in [0.25, 0.3) is 10.2 Å². The lowest BCUT2D eigenvalue weighted by Gasteiger charge is -2.09. The zero-order valence-electron chi connectivity index (χ0n) is 13.7. The predicted molar refractivity (Wildman–Crippen MR) is 101 cm³/mol. The minimum atomic E-state index is 0.0352. The van der Waals surface area contributed by atoms with Gasteiger partial charge in [-0.3, -0.25) is 4.79 Å². The molecule has 0 fully saturated rings. The third-order valence-corrected chi connectivity index (χ3v) is 5.01. The Morgan fingerprint density at radius 2 is 2.04 bits per heavy atom. The molecule has 3 rings (SSSR count). The van der Waals surface area contributed by atoms with E-state index in [0.29, 0.717) is 12.1 Å². The van der Waals surface area contributed by atoms with Crippen molar-refractivity contribution in [2.24, 2.45) is 0 Å². The van der Waals surface area contributed by atoms with Gasteiger partial charge in [0.15, 0.2) is 0 Å². The molecule has 0 saturated carbocycles. The highest BCUT2D eigenvalue weighted by atomic mass is 32.1. The van der Waals surface area contributed by atoms with Crippen molar-refractivity contribution in [2.75, 3.05) is 11.1 Å². The van der Waals surface area contributed by atoms with Crippen LogP contribution in [0.1, 0.15) is 29.8 Å². The van der Waals surface area contributed by atoms with Gasteiger partial charge in [-0.05, 0) is 56.0 Å². The van der Waals surface area contributed by atoms with Gasteiger partial charge in [0, 0.05) is 17.8 Å². The molecule has 1 aromatic heterocycles. The number of unbranched alkanes of at least 4 members (excludes halogenated alkanes) is 1. The molecule has 0 atom stereocenters. The summed E-state index contributed by atoms with van der Waals surface area (Å²) in [7, 11) is 0. The molecule has 0 radical (unpaired) electrons. The Kier molecular flexibility index (Phi) is 5.11. The minimum absolute atomic E-state index is 0.0352. The normalized spacial score (nSPS) is 10.9. The predicted octanol–water partition coefficient (Wildman–Crippen LogP) is 4.54. The van der Waals surface area contributed by atoms with Gasteiger partial charge in [-0.2, -0.15) is 0 Å². The van der Waals surface area contributed by atoms with Crippen molar-refractivity contribution < 1.29 is 4.79 Å². The van der Waals surface area contributed by atoms with Crippen LogP contribution in [0, 0.1) is 6.92 Å². The van der Waals surface area contributed by atoms with E-state index in [1.807, 2.05) is 37.3 Å². The summed E-state index contributed by atoms with van der Waals surface area (Å²) in [6, 6.07) is 13.7. The molecule has 4 nitrogen and oxygen atoms in total. The Balaban J connectivity index is 1.46. The van der Waals surface area contributed by atoms with Gasteiger partial charge >= 0.3 is 0 Å². The van der Waals surface area contributed by atoms with Crippen LogP contribution in [-0.4, -0.2) is 10.9 Å². The molecule has 3 N–H and O–H groups in total. The average molecular weight is 339 g/mol. The lowest BCUT2D eigenvalue weighted by atomic mass is 10.1. The zero-order valence-corrected chi connectivity index (χ0v) is 14.5. The number of nitrogen functional groups attached to an aromatic ring is 1. The van der Waals surface area contributed by atoms with Gasteiger partial charge < -0.3 is 11.1 Å². The van der Waals surface area contributed by atoms with E-state index in [2.05, 4.69) is 16.4 Å². The van der Waals surface area contributed by atoms with Gasteiger partial charge in [-0.1, -0.05) is 18.2 Å². The quantitative estimate of drug-likeness (QED) is 0.512. The molecule has 24 heavy (non-hydrogen) atoms. The average Bonchev–Trinajstić information content (AvgIpc) is 2.98. The first-order valence-electron chi connectivity index (χ1n) is 8.12. The van der Waals surface area contributed by atoms with Gasteiger partial charge in [0.25, 0.3) is 0 Å². The summed E-state index contributed by atoms with van der Waals surface area (Å²) in [4.78, 5) is 16.7. The van der Waals surface area contributed by atoms with Crippen molar-refractivity contribution in [3.8, 4) is 0 Å². The molecule has 2 aromatic carbocycles. The number of nitrogens with one attached hydrogen (secondary N) is 1. The van der Waals surface area contributed by atoms with E-state index in [1.54, 1.807) is 17.4 Å². The Morgan fingerprint density at radius 1 is 1.21 bits per heavy atom. The highest BCUT2D eigenvalue weighted by Crippen LogP contribution is 2.23. The number of aromatic nitrogens is 1. The lowest BCUT2D eigenvalue weighted by molar-refractivity contribution is -0.116. The second-order valence-electron chi connectivity index (χ2n) is 5.90. The number of nitrogens with zero attached hydrogens (tertiary/aromatic N) is 1. The molecule has 0 aliphatic heterocycles. The molecular weight excluding hydrogens is 318 g/mol. The second-order valence-corrected chi connectivity index (χ2v) is 7.02. The lowest BCUT2D eigenvalue weighted by Crippen LogP contribution is -2.12. The highest BCUT2D eigenvalue weighted by Gasteiger charge is 2.07. The van der Waals surface area contributed by atoms with Crippen LogP contribution in [0.3, 0.4) is 0 Å². The number of nitrogens with two attached hydrogens (primary N) is 1. The third-order valence-electron chi connectivity index (χ3n) is 3.92. The minimum Gasteiger partial charge on any atom is -0.399 e. The van der Waals surface area contributed by atoms with Crippen molar-refractivity contribution in [3.05, 3.63) is 53.0 Å². The van der Waals surface area contributed by atoms with Crippen LogP contribution in [0.4, 0.5) is 11.4 Å². The number of benzene rings is 2. The van der Waals surface area contributed by atoms with E-state index in [9.17, 15) is 4.79 Å². The largest absolute Gasteiger partial charge is 0.399 e. The fourth-order valence-electron chi connectivity index (χ4n) is 2.58. The number of carbonyl (C=O) groups excluding carboxylic acids is 1. The van der Waals surface area contributed by atoms with E-state index >= 15 is 0 Å². The monoisotopic (exact) mass is 339 g/mol. The van der Waals surface area contributed by atoms with Crippen molar-refractivity contribution in [3.63, 3.8) is 0 Å². The maximum atomic E-state index is 12.1. The summed E-state index contributed by atoms with van der Waals surface area (Å²) in [6.07, 6.45) is 3.25. The van der Waals surface area contributed by atoms with E-state index in [-0.39, 0.29) is 5.91 Å². The summed E-state index contributed by atoms with van der Waals surface area (Å²) in [5.41, 5.74) is 9.30. The number of aryl methyl sites for hydroxylation is 2. The number of carbonyl (C=O) groups is 1. The number of amides is 1. The Morgan fingerprint density at radius 3 is 2.88 bits per heavy atom. The molecule has 0 unspecified atom stereocenters. The van der Waals surface area contributed by atoms with Crippen LogP contribution in [0.15, 0.2) is 42.5 Å². The topological polar surface area (TPSA) is 68.0 Å². The molecule has 0 saturated heterocycles. The van der Waals surface area contributed by atoms with E-state index in [4.69, 9.17) is 5.73 Å². The molecule has 1 amide bonds. The van der Waals surface area contributed by atoms with Crippen molar-refractivity contribution >= 4 is 38.8 Å². The van der Waals surface area contributed by atoms with Gasteiger partial charge in [0.05, 0.1) is 15.2 Å².